The molecule has 0 saturated heterocycles. The molecule has 0 aromatic heterocycles. The highest BCUT2D eigenvalue weighted by Gasteiger charge is 2.44. The van der Waals surface area contributed by atoms with Crippen LogP contribution in [0.15, 0.2) is 59.6 Å². The third kappa shape index (κ3) is 8.06. The van der Waals surface area contributed by atoms with Gasteiger partial charge in [0.2, 0.25) is 0 Å². The number of rotatable bonds is 7. The fourth-order valence-electron chi connectivity index (χ4n) is 5.62. The Hall–Kier alpha value is -3.51. The maximum Gasteiger partial charge on any atom is 0.270 e. The minimum Gasteiger partial charge on any atom is -0.507 e. The predicted molar refractivity (Wildman–Crippen MR) is 192 cm³/mol. The van der Waals surface area contributed by atoms with Crippen LogP contribution >= 0.6 is 0 Å². The second kappa shape index (κ2) is 12.6. The van der Waals surface area contributed by atoms with Crippen LogP contribution in [-0.2, 0) is 27.3 Å². The van der Waals surface area contributed by atoms with E-state index in [1.807, 2.05) is 13.8 Å². The van der Waals surface area contributed by atoms with Crippen molar-refractivity contribution >= 4 is 11.9 Å². The molecule has 0 aliphatic rings. The molecule has 46 heavy (non-hydrogen) atoms. The zero-order chi connectivity index (χ0) is 35.2. The molecule has 3 aromatic rings. The monoisotopic (exact) mass is 628 g/mol. The van der Waals surface area contributed by atoms with Crippen LogP contribution < -0.4 is 0 Å². The summed E-state index contributed by atoms with van der Waals surface area (Å²) in [5.74, 6) is -0.273. The van der Waals surface area contributed by atoms with Gasteiger partial charge < -0.3 is 10.2 Å². The van der Waals surface area contributed by atoms with Gasteiger partial charge in [0.05, 0.1) is 11.0 Å². The first-order valence-corrected chi connectivity index (χ1v) is 16.3. The first kappa shape index (κ1) is 37.0. The zero-order valence-corrected chi connectivity index (χ0v) is 30.5. The fraction of sp³-hybridized carbons (Fsp3) is 0.525. The van der Waals surface area contributed by atoms with E-state index in [-0.39, 0.29) is 44.6 Å². The van der Waals surface area contributed by atoms with Crippen LogP contribution in [0.3, 0.4) is 0 Å². The second-order valence-electron chi connectivity index (χ2n) is 17.3. The van der Waals surface area contributed by atoms with Crippen LogP contribution in [0.1, 0.15) is 136 Å². The maximum absolute atomic E-state index is 13.6. The summed E-state index contributed by atoms with van der Waals surface area (Å²) in [4.78, 5) is 16.0. The number of hydrogen-bond acceptors (Lipinski definition) is 5. The van der Waals surface area contributed by atoms with Crippen LogP contribution in [0, 0.1) is 16.0 Å². The summed E-state index contributed by atoms with van der Waals surface area (Å²) in [5, 5.41) is 35.7. The van der Waals surface area contributed by atoms with E-state index in [2.05, 4.69) is 119 Å². The minimum atomic E-state index is -1.59. The Morgan fingerprint density at radius 3 is 1.30 bits per heavy atom. The van der Waals surface area contributed by atoms with Gasteiger partial charge in [0.1, 0.15) is 11.4 Å². The molecule has 250 valence electrons. The Kier molecular flexibility index (Phi) is 10.1. The van der Waals surface area contributed by atoms with Crippen LogP contribution in [-0.4, -0.2) is 27.4 Å². The van der Waals surface area contributed by atoms with Crippen LogP contribution in [0.5, 0.6) is 5.75 Å². The SMILES string of the molecule is CC(C)C(N=Cc1cc([N+](=O)[O-])ccc1O)C(O)(c1cc(C(C)(C)C)cc(C(C)(C)C)c1)c1cc(C(C)(C)C)cc(C(C)(C)C)c1. The number of benzene rings is 3. The lowest BCUT2D eigenvalue weighted by Gasteiger charge is -2.40. The number of aliphatic imine (C=N–C) groups is 1. The molecule has 0 saturated carbocycles. The lowest BCUT2D eigenvalue weighted by molar-refractivity contribution is -0.384. The van der Waals surface area contributed by atoms with Gasteiger partial charge in [-0.1, -0.05) is 133 Å². The molecule has 0 bridgehead atoms. The second-order valence-corrected chi connectivity index (χ2v) is 17.3. The maximum atomic E-state index is 13.6. The molecule has 0 radical (unpaired) electrons. The van der Waals surface area contributed by atoms with Crippen molar-refractivity contribution in [1.29, 1.82) is 0 Å². The molecule has 0 aliphatic carbocycles. The first-order valence-electron chi connectivity index (χ1n) is 16.3. The molecule has 1 atom stereocenters. The smallest absolute Gasteiger partial charge is 0.270 e. The van der Waals surface area contributed by atoms with Crippen molar-refractivity contribution in [3.05, 3.63) is 104 Å². The highest BCUT2D eigenvalue weighted by atomic mass is 16.6. The highest BCUT2D eigenvalue weighted by molar-refractivity contribution is 5.84. The zero-order valence-electron chi connectivity index (χ0n) is 30.5. The number of non-ortho nitro benzene ring substituents is 1. The summed E-state index contributed by atoms with van der Waals surface area (Å²) in [6.45, 7) is 30.2. The molecular formula is C40H56N2O4. The van der Waals surface area contributed by atoms with Crippen molar-refractivity contribution in [2.45, 2.75) is 130 Å². The quantitative estimate of drug-likeness (QED) is 0.155. The molecule has 0 spiro atoms. The van der Waals surface area contributed by atoms with Crippen LogP contribution in [0.25, 0.3) is 0 Å². The summed E-state index contributed by atoms with van der Waals surface area (Å²) < 4.78 is 0. The molecule has 0 amide bonds. The third-order valence-electron chi connectivity index (χ3n) is 8.87. The van der Waals surface area contributed by atoms with E-state index in [1.54, 1.807) is 0 Å². The summed E-state index contributed by atoms with van der Waals surface area (Å²) in [6.07, 6.45) is 1.47. The van der Waals surface area contributed by atoms with Crippen molar-refractivity contribution < 1.29 is 15.1 Å². The molecule has 6 heteroatoms. The number of nitrogens with zero attached hydrogens (tertiary/aromatic N) is 2. The number of hydrogen-bond donors (Lipinski definition) is 2. The lowest BCUT2D eigenvalue weighted by Crippen LogP contribution is -2.44. The molecule has 3 rings (SSSR count). The van der Waals surface area contributed by atoms with Gasteiger partial charge in [0.25, 0.3) is 5.69 Å². The number of phenolic OH excluding ortho intramolecular Hbond substituents is 1. The average Bonchev–Trinajstić information content (AvgIpc) is 2.91. The summed E-state index contributed by atoms with van der Waals surface area (Å²) in [7, 11) is 0. The summed E-state index contributed by atoms with van der Waals surface area (Å²) in [6, 6.07) is 16.1. The Morgan fingerprint density at radius 2 is 1.00 bits per heavy atom. The van der Waals surface area contributed by atoms with Gasteiger partial charge >= 0.3 is 0 Å². The molecule has 1 unspecified atom stereocenters. The van der Waals surface area contributed by atoms with Crippen LogP contribution in [0.4, 0.5) is 5.69 Å². The van der Waals surface area contributed by atoms with E-state index in [0.29, 0.717) is 0 Å². The van der Waals surface area contributed by atoms with E-state index in [1.165, 1.54) is 24.4 Å². The summed E-state index contributed by atoms with van der Waals surface area (Å²) >= 11 is 0. The number of aromatic hydroxyl groups is 1. The normalized spacial score (nSPS) is 14.3. The van der Waals surface area contributed by atoms with Crippen molar-refractivity contribution in [2.24, 2.45) is 10.9 Å². The van der Waals surface area contributed by atoms with Crippen molar-refractivity contribution in [3.8, 4) is 5.75 Å². The minimum absolute atomic E-state index is 0.116. The Labute approximate surface area is 277 Å². The van der Waals surface area contributed by atoms with E-state index in [0.717, 1.165) is 33.4 Å². The Morgan fingerprint density at radius 1 is 0.652 bits per heavy atom. The van der Waals surface area contributed by atoms with E-state index < -0.39 is 16.6 Å². The highest BCUT2D eigenvalue weighted by Crippen LogP contribution is 2.44. The van der Waals surface area contributed by atoms with Gasteiger partial charge in [-0.3, -0.25) is 15.1 Å². The third-order valence-corrected chi connectivity index (χ3v) is 8.87. The standard InChI is InChI=1S/C40H56N2O4/c1-25(2)35(41-24-26-17-33(42(45)46)15-16-34(26)43)40(44,31-20-27(36(3,4)5)18-28(21-31)37(6,7)8)32-22-29(38(9,10)11)19-30(23-32)39(12,13)14/h15-25,35,43-44H,1-14H3. The van der Waals surface area contributed by atoms with Crippen molar-refractivity contribution in [2.75, 3.05) is 0 Å². The van der Waals surface area contributed by atoms with Gasteiger partial charge in [-0.2, -0.15) is 0 Å². The lowest BCUT2D eigenvalue weighted by atomic mass is 9.70. The number of aliphatic hydroxyl groups is 1. The number of nitro benzene ring substituents is 1. The number of phenols is 1. The molecule has 3 aromatic carbocycles. The van der Waals surface area contributed by atoms with Gasteiger partial charge in [-0.15, -0.1) is 0 Å². The van der Waals surface area contributed by atoms with Gasteiger partial charge in [0.15, 0.2) is 0 Å². The van der Waals surface area contributed by atoms with Crippen LogP contribution in [0.2, 0.25) is 0 Å². The van der Waals surface area contributed by atoms with Gasteiger partial charge in [0, 0.05) is 23.9 Å². The molecule has 0 fully saturated rings. The molecule has 6 nitrogen and oxygen atoms in total. The largest absolute Gasteiger partial charge is 0.507 e. The predicted octanol–water partition coefficient (Wildman–Crippen LogP) is 9.87. The van der Waals surface area contributed by atoms with E-state index in [9.17, 15) is 20.3 Å². The van der Waals surface area contributed by atoms with Crippen molar-refractivity contribution in [3.63, 3.8) is 0 Å². The average molecular weight is 629 g/mol. The topological polar surface area (TPSA) is 96.0 Å². The fourth-order valence-corrected chi connectivity index (χ4v) is 5.62. The number of nitro groups is 1. The summed E-state index contributed by atoms with van der Waals surface area (Å²) in [5.41, 5.74) is 3.66. The van der Waals surface area contributed by atoms with Crippen molar-refractivity contribution in [1.82, 2.24) is 0 Å². The first-order chi connectivity index (χ1) is 20.8. The Bertz CT molecular complexity index is 1470. The Balaban J connectivity index is 2.53. The molecule has 2 N–H and O–H groups in total. The van der Waals surface area contributed by atoms with Gasteiger partial charge in [-0.25, -0.2) is 0 Å². The molecule has 0 aliphatic heterocycles. The molecule has 0 heterocycles. The van der Waals surface area contributed by atoms with E-state index in [4.69, 9.17) is 4.99 Å². The van der Waals surface area contributed by atoms with E-state index >= 15 is 0 Å². The van der Waals surface area contributed by atoms with Gasteiger partial charge in [-0.05, 0) is 67.0 Å². The molecular weight excluding hydrogens is 572 g/mol.